The molecular formula is C15H24O. The van der Waals surface area contributed by atoms with Crippen LogP contribution in [0, 0.1) is 22.7 Å². The lowest BCUT2D eigenvalue weighted by Crippen LogP contribution is -2.41. The van der Waals surface area contributed by atoms with Crippen LogP contribution in [0.5, 0.6) is 0 Å². The van der Waals surface area contributed by atoms with Crippen LogP contribution < -0.4 is 0 Å². The summed E-state index contributed by atoms with van der Waals surface area (Å²) in [6.45, 7) is 11.3. The summed E-state index contributed by atoms with van der Waals surface area (Å²) in [5, 5.41) is 10.9. The molecule has 1 heteroatoms. The number of hydrogen-bond donors (Lipinski definition) is 1. The minimum atomic E-state index is -0.421. The van der Waals surface area contributed by atoms with Crippen molar-refractivity contribution in [2.45, 2.75) is 58.5 Å². The largest absolute Gasteiger partial charge is 0.389 e. The quantitative estimate of drug-likeness (QED) is 0.619. The van der Waals surface area contributed by atoms with E-state index in [4.69, 9.17) is 0 Å². The number of fused-ring (bicyclic) bond motifs is 3. The highest BCUT2D eigenvalue weighted by Gasteiger charge is 2.66. The molecule has 0 amide bonds. The zero-order valence-electron chi connectivity index (χ0n) is 10.8. The molecule has 3 aliphatic carbocycles. The van der Waals surface area contributed by atoms with Crippen LogP contribution in [0.4, 0.5) is 0 Å². The van der Waals surface area contributed by atoms with Crippen LogP contribution in [0.25, 0.3) is 0 Å². The molecule has 16 heavy (non-hydrogen) atoms. The van der Waals surface area contributed by atoms with Crippen molar-refractivity contribution in [1.29, 1.82) is 0 Å². The molecule has 0 aromatic carbocycles. The fourth-order valence-corrected chi connectivity index (χ4v) is 5.15. The van der Waals surface area contributed by atoms with Crippen LogP contribution in [-0.2, 0) is 0 Å². The SMILES string of the molecule is C=C1CC[C@]2(O)C[C@H]3CC(C)(C)C[C@H]3[C@]12C. The Balaban J connectivity index is 2.02. The molecule has 3 aliphatic rings. The van der Waals surface area contributed by atoms with Gasteiger partial charge in [-0.25, -0.2) is 0 Å². The summed E-state index contributed by atoms with van der Waals surface area (Å²) in [5.41, 5.74) is 1.39. The molecule has 0 aliphatic heterocycles. The lowest BCUT2D eigenvalue weighted by atomic mass is 9.68. The average Bonchev–Trinajstić information content (AvgIpc) is 2.63. The highest BCUT2D eigenvalue weighted by atomic mass is 16.3. The van der Waals surface area contributed by atoms with Gasteiger partial charge in [0.05, 0.1) is 5.60 Å². The number of aliphatic hydroxyl groups is 1. The molecule has 0 radical (unpaired) electrons. The third-order valence-electron chi connectivity index (χ3n) is 6.04. The highest BCUT2D eigenvalue weighted by molar-refractivity contribution is 5.30. The van der Waals surface area contributed by atoms with E-state index in [1.165, 1.54) is 18.4 Å². The van der Waals surface area contributed by atoms with Crippen LogP contribution in [0.15, 0.2) is 12.2 Å². The van der Waals surface area contributed by atoms with Gasteiger partial charge in [0.1, 0.15) is 0 Å². The zero-order valence-corrected chi connectivity index (χ0v) is 10.8. The lowest BCUT2D eigenvalue weighted by molar-refractivity contribution is -0.0341. The second-order valence-corrected chi connectivity index (χ2v) is 7.48. The Hall–Kier alpha value is -0.300. The summed E-state index contributed by atoms with van der Waals surface area (Å²) in [4.78, 5) is 0. The minimum absolute atomic E-state index is 0.0193. The molecule has 0 aromatic rings. The molecule has 0 heterocycles. The van der Waals surface area contributed by atoms with Crippen molar-refractivity contribution in [2.75, 3.05) is 0 Å². The summed E-state index contributed by atoms with van der Waals surface area (Å²) >= 11 is 0. The smallest absolute Gasteiger partial charge is 0.0746 e. The van der Waals surface area contributed by atoms with Crippen LogP contribution in [0.3, 0.4) is 0 Å². The summed E-state index contributed by atoms with van der Waals surface area (Å²) in [6.07, 6.45) is 5.58. The monoisotopic (exact) mass is 220 g/mol. The summed E-state index contributed by atoms with van der Waals surface area (Å²) in [5.74, 6) is 1.42. The molecule has 1 N–H and O–H groups in total. The first kappa shape index (κ1) is 10.8. The maximum Gasteiger partial charge on any atom is 0.0746 e. The topological polar surface area (TPSA) is 20.2 Å². The first-order valence-corrected chi connectivity index (χ1v) is 6.69. The number of hydrogen-bond acceptors (Lipinski definition) is 1. The van der Waals surface area contributed by atoms with Crippen LogP contribution in [-0.4, -0.2) is 10.7 Å². The third-order valence-corrected chi connectivity index (χ3v) is 6.04. The summed E-state index contributed by atoms with van der Waals surface area (Å²) in [7, 11) is 0. The first-order chi connectivity index (χ1) is 7.29. The van der Waals surface area contributed by atoms with E-state index in [-0.39, 0.29) is 5.41 Å². The molecule has 0 bridgehead atoms. The van der Waals surface area contributed by atoms with Gasteiger partial charge < -0.3 is 5.11 Å². The molecule has 1 nitrogen and oxygen atoms in total. The van der Waals surface area contributed by atoms with E-state index < -0.39 is 5.60 Å². The maximum absolute atomic E-state index is 10.9. The Morgan fingerprint density at radius 2 is 1.88 bits per heavy atom. The predicted molar refractivity (Wildman–Crippen MR) is 66.0 cm³/mol. The Morgan fingerprint density at radius 3 is 2.56 bits per heavy atom. The van der Waals surface area contributed by atoms with Gasteiger partial charge in [0.25, 0.3) is 0 Å². The highest BCUT2D eigenvalue weighted by Crippen LogP contribution is 2.70. The molecule has 0 aromatic heterocycles. The summed E-state index contributed by atoms with van der Waals surface area (Å²) < 4.78 is 0. The molecule has 0 saturated heterocycles. The van der Waals surface area contributed by atoms with Gasteiger partial charge in [-0.3, -0.25) is 0 Å². The van der Waals surface area contributed by atoms with Gasteiger partial charge in [-0.1, -0.05) is 32.9 Å². The molecule has 0 spiro atoms. The second-order valence-electron chi connectivity index (χ2n) is 7.48. The van der Waals surface area contributed by atoms with E-state index in [0.29, 0.717) is 11.3 Å². The van der Waals surface area contributed by atoms with E-state index >= 15 is 0 Å². The molecule has 3 fully saturated rings. The van der Waals surface area contributed by atoms with Crippen molar-refractivity contribution in [3.8, 4) is 0 Å². The fourth-order valence-electron chi connectivity index (χ4n) is 5.15. The minimum Gasteiger partial charge on any atom is -0.389 e. The molecule has 3 rings (SSSR count). The Labute approximate surface area is 98.9 Å². The van der Waals surface area contributed by atoms with E-state index in [1.54, 1.807) is 0 Å². The van der Waals surface area contributed by atoms with Crippen molar-refractivity contribution in [2.24, 2.45) is 22.7 Å². The molecule has 3 saturated carbocycles. The van der Waals surface area contributed by atoms with Crippen LogP contribution in [0.2, 0.25) is 0 Å². The Kier molecular flexibility index (Phi) is 1.86. The van der Waals surface area contributed by atoms with Gasteiger partial charge in [-0.2, -0.15) is 0 Å². The van der Waals surface area contributed by atoms with Crippen molar-refractivity contribution in [1.82, 2.24) is 0 Å². The van der Waals surface area contributed by atoms with Gasteiger partial charge >= 0.3 is 0 Å². The molecular weight excluding hydrogens is 196 g/mol. The fraction of sp³-hybridized carbons (Fsp3) is 0.867. The van der Waals surface area contributed by atoms with Crippen molar-refractivity contribution >= 4 is 0 Å². The van der Waals surface area contributed by atoms with Crippen molar-refractivity contribution in [3.63, 3.8) is 0 Å². The average molecular weight is 220 g/mol. The van der Waals surface area contributed by atoms with E-state index in [0.717, 1.165) is 25.2 Å². The van der Waals surface area contributed by atoms with E-state index in [1.807, 2.05) is 0 Å². The normalized spacial score (nSPS) is 54.1. The van der Waals surface area contributed by atoms with Gasteiger partial charge in [-0.15, -0.1) is 0 Å². The van der Waals surface area contributed by atoms with Crippen LogP contribution in [0.1, 0.15) is 52.9 Å². The Morgan fingerprint density at radius 1 is 1.19 bits per heavy atom. The van der Waals surface area contributed by atoms with Gasteiger partial charge in [-0.05, 0) is 49.4 Å². The van der Waals surface area contributed by atoms with Crippen molar-refractivity contribution < 1.29 is 5.11 Å². The number of rotatable bonds is 0. The lowest BCUT2D eigenvalue weighted by Gasteiger charge is -2.39. The maximum atomic E-state index is 10.9. The van der Waals surface area contributed by atoms with E-state index in [2.05, 4.69) is 27.4 Å². The van der Waals surface area contributed by atoms with Gasteiger partial charge in [0, 0.05) is 5.41 Å². The first-order valence-electron chi connectivity index (χ1n) is 6.69. The third kappa shape index (κ3) is 1.06. The van der Waals surface area contributed by atoms with Crippen LogP contribution >= 0.6 is 0 Å². The zero-order chi connectivity index (χ0) is 11.8. The van der Waals surface area contributed by atoms with Gasteiger partial charge in [0.2, 0.25) is 0 Å². The second kappa shape index (κ2) is 2.75. The molecule has 0 unspecified atom stereocenters. The van der Waals surface area contributed by atoms with E-state index in [9.17, 15) is 5.11 Å². The molecule has 90 valence electrons. The standard InChI is InChI=1S/C15H24O/c1-10-5-6-15(16)8-11-7-13(2,3)9-12(11)14(10,15)4/h11-12,16H,1,5-9H2,2-4H3/t11-,12-,14+,15+/m1/s1. The Bertz CT molecular complexity index is 356. The summed E-state index contributed by atoms with van der Waals surface area (Å²) in [6, 6.07) is 0. The van der Waals surface area contributed by atoms with Crippen molar-refractivity contribution in [3.05, 3.63) is 12.2 Å². The van der Waals surface area contributed by atoms with Gasteiger partial charge in [0.15, 0.2) is 0 Å². The molecule has 4 atom stereocenters. The predicted octanol–water partition coefficient (Wildman–Crippen LogP) is 3.53.